The molecule has 0 aliphatic heterocycles. The molecule has 2 heterocycles. The Kier molecular flexibility index (Phi) is 2.01. The van der Waals surface area contributed by atoms with Gasteiger partial charge in [0.15, 0.2) is 11.4 Å². The van der Waals surface area contributed by atoms with Crippen molar-refractivity contribution in [2.45, 2.75) is 6.92 Å². The number of hydrogen-bond acceptors (Lipinski definition) is 4. The molecule has 0 saturated heterocycles. The number of carbonyl (C=O) groups excluding carboxylic acids is 1. The maximum Gasteiger partial charge on any atom is 0.160 e. The largest absolute Gasteiger partial charge is 0.297 e. The summed E-state index contributed by atoms with van der Waals surface area (Å²) in [5.74, 6) is 0. The second-order valence-corrected chi connectivity index (χ2v) is 3.98. The smallest absolute Gasteiger partial charge is 0.160 e. The van der Waals surface area contributed by atoms with Crippen molar-refractivity contribution in [1.82, 2.24) is 9.97 Å². The van der Waals surface area contributed by atoms with Crippen LogP contribution in [0.25, 0.3) is 10.3 Å². The van der Waals surface area contributed by atoms with Crippen molar-refractivity contribution in [3.8, 4) is 0 Å². The van der Waals surface area contributed by atoms with E-state index in [-0.39, 0.29) is 0 Å². The van der Waals surface area contributed by atoms with E-state index in [9.17, 15) is 4.79 Å². The summed E-state index contributed by atoms with van der Waals surface area (Å²) in [5.41, 5.74) is 1.37. The number of aromatic nitrogens is 2. The van der Waals surface area contributed by atoms with Crippen LogP contribution in [-0.4, -0.2) is 16.3 Å². The number of thiophene rings is 1. The number of aldehydes is 1. The van der Waals surface area contributed by atoms with Crippen molar-refractivity contribution in [2.24, 2.45) is 0 Å². The minimum absolute atomic E-state index is 0.391. The van der Waals surface area contributed by atoms with Crippen LogP contribution < -0.4 is 0 Å². The topological polar surface area (TPSA) is 42.9 Å². The molecule has 5 heteroatoms. The quantitative estimate of drug-likeness (QED) is 0.682. The van der Waals surface area contributed by atoms with E-state index in [0.717, 1.165) is 11.1 Å². The molecule has 13 heavy (non-hydrogen) atoms. The molecule has 0 radical (unpaired) electrons. The van der Waals surface area contributed by atoms with Gasteiger partial charge in [-0.25, -0.2) is 9.97 Å². The number of carbonyl (C=O) groups is 1. The first-order chi connectivity index (χ1) is 6.20. The fraction of sp³-hybridized carbons (Fsp3) is 0.125. The summed E-state index contributed by atoms with van der Waals surface area (Å²) in [7, 11) is 0. The molecule has 0 aliphatic rings. The minimum Gasteiger partial charge on any atom is -0.297 e. The highest BCUT2D eigenvalue weighted by molar-refractivity contribution is 7.20. The van der Waals surface area contributed by atoms with E-state index in [1.807, 2.05) is 0 Å². The molecule has 0 unspecified atom stereocenters. The highest BCUT2D eigenvalue weighted by Gasteiger charge is 2.06. The number of hydrogen-bond donors (Lipinski definition) is 0. The van der Waals surface area contributed by atoms with E-state index >= 15 is 0 Å². The molecule has 0 spiro atoms. The molecule has 0 amide bonds. The highest BCUT2D eigenvalue weighted by atomic mass is 35.5. The van der Waals surface area contributed by atoms with Gasteiger partial charge in [-0.1, -0.05) is 11.6 Å². The van der Waals surface area contributed by atoms with Gasteiger partial charge < -0.3 is 0 Å². The van der Waals surface area contributed by atoms with E-state index in [2.05, 4.69) is 9.97 Å². The van der Waals surface area contributed by atoms with Crippen molar-refractivity contribution < 1.29 is 4.79 Å². The fourth-order valence-corrected chi connectivity index (χ4v) is 1.96. The first kappa shape index (κ1) is 8.59. The lowest BCUT2D eigenvalue weighted by atomic mass is 10.4. The molecule has 0 aromatic carbocycles. The Morgan fingerprint density at radius 3 is 3.00 bits per heavy atom. The first-order valence-electron chi connectivity index (χ1n) is 3.59. The first-order valence-corrected chi connectivity index (χ1v) is 4.79. The second-order valence-electron chi connectivity index (χ2n) is 2.56. The highest BCUT2D eigenvalue weighted by Crippen LogP contribution is 2.23. The summed E-state index contributed by atoms with van der Waals surface area (Å²) in [6.07, 6.45) is 0.789. The molecule has 0 N–H and O–H groups in total. The van der Waals surface area contributed by atoms with Gasteiger partial charge in [0, 0.05) is 0 Å². The monoisotopic (exact) mass is 212 g/mol. The molecule has 2 rings (SSSR count). The maximum atomic E-state index is 10.5. The van der Waals surface area contributed by atoms with Crippen LogP contribution in [0.1, 0.15) is 15.4 Å². The lowest BCUT2D eigenvalue weighted by molar-refractivity contribution is 0.112. The SMILES string of the molecule is Cc1nc2sc(C=O)cc2nc1Cl. The van der Waals surface area contributed by atoms with Crippen molar-refractivity contribution in [1.29, 1.82) is 0 Å². The predicted octanol–water partition coefficient (Wildman–Crippen LogP) is 2.47. The average Bonchev–Trinajstić information content (AvgIpc) is 2.48. The van der Waals surface area contributed by atoms with E-state index in [0.29, 0.717) is 21.2 Å². The van der Waals surface area contributed by atoms with Crippen molar-refractivity contribution in [3.63, 3.8) is 0 Å². The third kappa shape index (κ3) is 1.43. The molecule has 2 aromatic heterocycles. The van der Waals surface area contributed by atoms with Gasteiger partial charge >= 0.3 is 0 Å². The summed E-state index contributed by atoms with van der Waals surface area (Å²) >= 11 is 7.10. The molecular weight excluding hydrogens is 208 g/mol. The molecule has 2 aromatic rings. The van der Waals surface area contributed by atoms with Gasteiger partial charge in [0.25, 0.3) is 0 Å². The Morgan fingerprint density at radius 1 is 1.54 bits per heavy atom. The van der Waals surface area contributed by atoms with Crippen LogP contribution in [0.2, 0.25) is 5.15 Å². The standard InChI is InChI=1S/C8H5ClN2OS/c1-4-7(9)11-6-2-5(3-12)13-8(6)10-4/h2-3H,1H3. The van der Waals surface area contributed by atoms with Crippen molar-refractivity contribution >= 4 is 39.6 Å². The van der Waals surface area contributed by atoms with Crippen LogP contribution in [0.3, 0.4) is 0 Å². The molecule has 0 bridgehead atoms. The Morgan fingerprint density at radius 2 is 2.31 bits per heavy atom. The van der Waals surface area contributed by atoms with E-state index in [1.54, 1.807) is 13.0 Å². The van der Waals surface area contributed by atoms with Crippen LogP contribution in [0.4, 0.5) is 0 Å². The lowest BCUT2D eigenvalue weighted by Crippen LogP contribution is -1.85. The van der Waals surface area contributed by atoms with Crippen LogP contribution in [0.5, 0.6) is 0 Å². The zero-order valence-corrected chi connectivity index (χ0v) is 8.32. The van der Waals surface area contributed by atoms with E-state index in [4.69, 9.17) is 11.6 Å². The van der Waals surface area contributed by atoms with Gasteiger partial charge in [-0.05, 0) is 13.0 Å². The van der Waals surface area contributed by atoms with Gasteiger partial charge in [0.1, 0.15) is 10.3 Å². The average molecular weight is 213 g/mol. The minimum atomic E-state index is 0.391. The van der Waals surface area contributed by atoms with Gasteiger partial charge in [0.05, 0.1) is 10.6 Å². The van der Waals surface area contributed by atoms with Gasteiger partial charge in [-0.2, -0.15) is 0 Å². The number of nitrogens with zero attached hydrogens (tertiary/aromatic N) is 2. The van der Waals surface area contributed by atoms with Gasteiger partial charge in [0.2, 0.25) is 0 Å². The van der Waals surface area contributed by atoms with Crippen LogP contribution >= 0.6 is 22.9 Å². The Hall–Kier alpha value is -1.00. The number of halogens is 1. The number of rotatable bonds is 1. The number of aryl methyl sites for hydroxylation is 1. The normalized spacial score (nSPS) is 10.6. The molecular formula is C8H5ClN2OS. The summed E-state index contributed by atoms with van der Waals surface area (Å²) in [4.78, 5) is 20.2. The molecule has 0 atom stereocenters. The number of fused-ring (bicyclic) bond motifs is 1. The third-order valence-corrected chi connectivity index (χ3v) is 2.92. The molecule has 0 aliphatic carbocycles. The van der Waals surface area contributed by atoms with Crippen LogP contribution in [-0.2, 0) is 0 Å². The summed E-state index contributed by atoms with van der Waals surface area (Å²) < 4.78 is 0. The van der Waals surface area contributed by atoms with Gasteiger partial charge in [-0.15, -0.1) is 11.3 Å². The Bertz CT molecular complexity index is 441. The fourth-order valence-electron chi connectivity index (χ4n) is 0.993. The van der Waals surface area contributed by atoms with E-state index < -0.39 is 0 Å². The second kappa shape index (κ2) is 3.05. The van der Waals surface area contributed by atoms with Gasteiger partial charge in [-0.3, -0.25) is 4.79 Å². The summed E-state index contributed by atoms with van der Waals surface area (Å²) in [5, 5.41) is 0.391. The lowest BCUT2D eigenvalue weighted by Gasteiger charge is -1.93. The molecule has 66 valence electrons. The Balaban J connectivity index is 2.77. The zero-order valence-electron chi connectivity index (χ0n) is 6.74. The zero-order chi connectivity index (χ0) is 9.42. The summed E-state index contributed by atoms with van der Waals surface area (Å²) in [6.45, 7) is 1.79. The van der Waals surface area contributed by atoms with Crippen molar-refractivity contribution in [2.75, 3.05) is 0 Å². The van der Waals surface area contributed by atoms with Crippen LogP contribution in [0.15, 0.2) is 6.07 Å². The summed E-state index contributed by atoms with van der Waals surface area (Å²) in [6, 6.07) is 1.69. The maximum absolute atomic E-state index is 10.5. The van der Waals surface area contributed by atoms with E-state index in [1.165, 1.54) is 11.3 Å². The molecule has 0 fully saturated rings. The molecule has 3 nitrogen and oxygen atoms in total. The Labute approximate surface area is 83.4 Å². The van der Waals surface area contributed by atoms with Crippen molar-refractivity contribution in [3.05, 3.63) is 21.8 Å². The van der Waals surface area contributed by atoms with Crippen LogP contribution in [0, 0.1) is 6.92 Å². The third-order valence-electron chi connectivity index (χ3n) is 1.62. The molecule has 0 saturated carbocycles. The predicted molar refractivity (Wildman–Crippen MR) is 52.5 cm³/mol.